The monoisotopic (exact) mass is 483 g/mol. The van der Waals surface area contributed by atoms with Gasteiger partial charge in [-0.25, -0.2) is 8.42 Å². The van der Waals surface area contributed by atoms with E-state index in [9.17, 15) is 13.2 Å². The van der Waals surface area contributed by atoms with Gasteiger partial charge in [0.25, 0.3) is 5.89 Å². The third kappa shape index (κ3) is 5.04. The Balaban J connectivity index is 1.58. The fraction of sp³-hybridized carbons (Fsp3) is 0.440. The Labute approximate surface area is 199 Å². The number of carboxylic acids is 1. The molecule has 0 saturated carbocycles. The number of rotatable bonds is 8. The third-order valence-electron chi connectivity index (χ3n) is 6.36. The highest BCUT2D eigenvalue weighted by Crippen LogP contribution is 2.40. The molecular formula is C25H29N3O5S. The van der Waals surface area contributed by atoms with E-state index >= 15 is 0 Å². The second-order valence-electron chi connectivity index (χ2n) is 9.53. The van der Waals surface area contributed by atoms with Crippen molar-refractivity contribution in [1.82, 2.24) is 15.1 Å². The number of pyridine rings is 1. The molecule has 0 atom stereocenters. The molecule has 3 aromatic rings. The number of hydrogen-bond donors (Lipinski definition) is 1. The van der Waals surface area contributed by atoms with E-state index in [0.717, 1.165) is 36.9 Å². The molecule has 0 bridgehead atoms. The number of fused-ring (bicyclic) bond motifs is 1. The van der Waals surface area contributed by atoms with E-state index in [0.29, 0.717) is 17.3 Å². The minimum atomic E-state index is -3.56. The van der Waals surface area contributed by atoms with Crippen LogP contribution >= 0.6 is 0 Å². The molecule has 0 fully saturated rings. The zero-order valence-corrected chi connectivity index (χ0v) is 20.5. The van der Waals surface area contributed by atoms with Crippen molar-refractivity contribution in [2.24, 2.45) is 5.41 Å². The van der Waals surface area contributed by atoms with Crippen LogP contribution in [0.15, 0.2) is 39.9 Å². The molecular weight excluding hydrogens is 454 g/mol. The van der Waals surface area contributed by atoms with E-state index in [1.54, 1.807) is 12.1 Å². The Morgan fingerprint density at radius 2 is 1.91 bits per heavy atom. The van der Waals surface area contributed by atoms with E-state index in [2.05, 4.69) is 35.9 Å². The molecule has 34 heavy (non-hydrogen) atoms. The Hall–Kier alpha value is -3.07. The van der Waals surface area contributed by atoms with Crippen LogP contribution in [-0.2, 0) is 33.9 Å². The number of benzene rings is 1. The number of hydrogen-bond acceptors (Lipinski definition) is 7. The zero-order chi connectivity index (χ0) is 24.5. The molecule has 8 nitrogen and oxygen atoms in total. The number of aliphatic carboxylic acids is 1. The number of nitrogens with zero attached hydrogens (tertiary/aromatic N) is 3. The largest absolute Gasteiger partial charge is 0.481 e. The Bertz CT molecular complexity index is 1310. The van der Waals surface area contributed by atoms with E-state index in [4.69, 9.17) is 9.63 Å². The van der Waals surface area contributed by atoms with Crippen molar-refractivity contribution in [3.8, 4) is 22.8 Å². The van der Waals surface area contributed by atoms with Crippen LogP contribution in [0.25, 0.3) is 22.8 Å². The van der Waals surface area contributed by atoms with Crippen molar-refractivity contribution in [3.63, 3.8) is 0 Å². The van der Waals surface area contributed by atoms with Gasteiger partial charge in [-0.05, 0) is 72.9 Å². The van der Waals surface area contributed by atoms with E-state index in [1.165, 1.54) is 23.3 Å². The van der Waals surface area contributed by atoms with Crippen LogP contribution < -0.4 is 0 Å². The predicted molar refractivity (Wildman–Crippen MR) is 127 cm³/mol. The summed E-state index contributed by atoms with van der Waals surface area (Å²) in [6.45, 7) is 6.68. The second kappa shape index (κ2) is 9.29. The number of carboxylic acid groups (broad SMARTS) is 1. The minimum absolute atomic E-state index is 0.0694. The van der Waals surface area contributed by atoms with E-state index in [-0.39, 0.29) is 28.9 Å². The van der Waals surface area contributed by atoms with Gasteiger partial charge in [0, 0.05) is 23.9 Å². The molecule has 1 N–H and O–H groups in total. The molecule has 2 heterocycles. The van der Waals surface area contributed by atoms with Crippen molar-refractivity contribution >= 4 is 15.8 Å². The number of aromatic nitrogens is 3. The molecule has 0 amide bonds. The molecule has 9 heteroatoms. The molecule has 0 spiro atoms. The maximum Gasteiger partial charge on any atom is 0.303 e. The second-order valence-corrected chi connectivity index (χ2v) is 11.6. The maximum absolute atomic E-state index is 12.4. The molecule has 2 aromatic heterocycles. The first-order chi connectivity index (χ1) is 16.1. The van der Waals surface area contributed by atoms with Crippen LogP contribution in [-0.4, -0.2) is 40.4 Å². The molecule has 4 rings (SSSR count). The van der Waals surface area contributed by atoms with Gasteiger partial charge in [0.1, 0.15) is 0 Å². The lowest BCUT2D eigenvalue weighted by Gasteiger charge is -2.33. The smallest absolute Gasteiger partial charge is 0.303 e. The van der Waals surface area contributed by atoms with Gasteiger partial charge in [-0.15, -0.1) is 0 Å². The normalized spacial score (nSPS) is 15.1. The fourth-order valence-electron chi connectivity index (χ4n) is 4.44. The van der Waals surface area contributed by atoms with Crippen LogP contribution in [0.2, 0.25) is 0 Å². The first-order valence-electron chi connectivity index (χ1n) is 11.5. The van der Waals surface area contributed by atoms with Crippen molar-refractivity contribution in [1.29, 1.82) is 0 Å². The average Bonchev–Trinajstić information content (AvgIpc) is 3.27. The quantitative estimate of drug-likeness (QED) is 0.496. The van der Waals surface area contributed by atoms with Crippen LogP contribution in [0.3, 0.4) is 0 Å². The predicted octanol–water partition coefficient (Wildman–Crippen LogP) is 4.51. The first kappa shape index (κ1) is 24.1. The van der Waals surface area contributed by atoms with Crippen LogP contribution in [0.4, 0.5) is 0 Å². The SMILES string of the molecule is CCc1ncc(-c2nc(-c3ccc(S(=O)(=O)CCCC(=O)O)cc3)no2)c2c1CC(C)(C)CC2. The molecule has 0 aliphatic heterocycles. The summed E-state index contributed by atoms with van der Waals surface area (Å²) in [7, 11) is -3.56. The summed E-state index contributed by atoms with van der Waals surface area (Å²) >= 11 is 0. The van der Waals surface area contributed by atoms with E-state index < -0.39 is 15.8 Å². The summed E-state index contributed by atoms with van der Waals surface area (Å²) in [5, 5.41) is 12.8. The molecule has 0 saturated heterocycles. The Morgan fingerprint density at radius 1 is 1.18 bits per heavy atom. The standard InChI is InChI=1S/C25H29N3O5S/c1-4-21-19-14-25(2,3)12-11-18(19)20(15-26-21)24-27-23(28-33-24)16-7-9-17(10-8-16)34(31,32)13-5-6-22(29)30/h7-10,15H,4-6,11-14H2,1-3H3,(H,29,30). The van der Waals surface area contributed by atoms with Crippen molar-refractivity contribution in [3.05, 3.63) is 47.3 Å². The lowest BCUT2D eigenvalue weighted by Crippen LogP contribution is -2.24. The summed E-state index contributed by atoms with van der Waals surface area (Å²) < 4.78 is 30.5. The molecule has 0 unspecified atom stereocenters. The summed E-state index contributed by atoms with van der Waals surface area (Å²) in [4.78, 5) is 20.0. The van der Waals surface area contributed by atoms with Crippen molar-refractivity contribution < 1.29 is 22.8 Å². The van der Waals surface area contributed by atoms with E-state index in [1.807, 2.05) is 6.20 Å². The van der Waals surface area contributed by atoms with Crippen LogP contribution in [0.5, 0.6) is 0 Å². The number of aryl methyl sites for hydroxylation is 1. The van der Waals surface area contributed by atoms with Crippen LogP contribution in [0.1, 0.15) is 56.9 Å². The number of sulfone groups is 1. The topological polar surface area (TPSA) is 123 Å². The number of carbonyl (C=O) groups is 1. The molecule has 1 aliphatic carbocycles. The van der Waals surface area contributed by atoms with Gasteiger partial charge in [0.2, 0.25) is 5.82 Å². The lowest BCUT2D eigenvalue weighted by atomic mass is 9.73. The van der Waals surface area contributed by atoms with Crippen molar-refractivity contribution in [2.45, 2.75) is 64.2 Å². The highest BCUT2D eigenvalue weighted by Gasteiger charge is 2.30. The fourth-order valence-corrected chi connectivity index (χ4v) is 5.75. The minimum Gasteiger partial charge on any atom is -0.481 e. The summed E-state index contributed by atoms with van der Waals surface area (Å²) in [5.74, 6) is -0.447. The summed E-state index contributed by atoms with van der Waals surface area (Å²) in [6, 6.07) is 6.25. The molecule has 1 aromatic carbocycles. The third-order valence-corrected chi connectivity index (χ3v) is 8.18. The molecule has 1 aliphatic rings. The average molecular weight is 484 g/mol. The Morgan fingerprint density at radius 3 is 2.59 bits per heavy atom. The van der Waals surface area contributed by atoms with Gasteiger partial charge in [-0.3, -0.25) is 9.78 Å². The summed E-state index contributed by atoms with van der Waals surface area (Å²) in [6.07, 6.45) is 5.55. The first-order valence-corrected chi connectivity index (χ1v) is 13.1. The highest BCUT2D eigenvalue weighted by molar-refractivity contribution is 7.91. The van der Waals surface area contributed by atoms with Gasteiger partial charge in [0.05, 0.1) is 16.2 Å². The van der Waals surface area contributed by atoms with Gasteiger partial charge >= 0.3 is 5.97 Å². The zero-order valence-electron chi connectivity index (χ0n) is 19.7. The maximum atomic E-state index is 12.4. The lowest BCUT2D eigenvalue weighted by molar-refractivity contribution is -0.137. The Kier molecular flexibility index (Phi) is 6.58. The van der Waals surface area contributed by atoms with Crippen molar-refractivity contribution in [2.75, 3.05) is 5.75 Å². The summed E-state index contributed by atoms with van der Waals surface area (Å²) in [5.41, 5.74) is 5.35. The van der Waals surface area contributed by atoms with Gasteiger partial charge in [-0.1, -0.05) is 25.9 Å². The van der Waals surface area contributed by atoms with Gasteiger partial charge < -0.3 is 9.63 Å². The van der Waals surface area contributed by atoms with Gasteiger partial charge in [0.15, 0.2) is 9.84 Å². The highest BCUT2D eigenvalue weighted by atomic mass is 32.2. The van der Waals surface area contributed by atoms with Gasteiger partial charge in [-0.2, -0.15) is 4.98 Å². The van der Waals surface area contributed by atoms with Crippen LogP contribution in [0, 0.1) is 5.41 Å². The molecule has 180 valence electrons. The molecule has 0 radical (unpaired) electrons.